The van der Waals surface area contributed by atoms with Crippen molar-refractivity contribution in [2.75, 3.05) is 5.32 Å². The number of anilines is 1. The molecule has 0 aliphatic rings. The summed E-state index contributed by atoms with van der Waals surface area (Å²) >= 11 is 1.73. The summed E-state index contributed by atoms with van der Waals surface area (Å²) in [6, 6.07) is 3.95. The number of hydrogen-bond donors (Lipinski definition) is 3. The minimum absolute atomic E-state index is 0.209. The number of H-pyrrole nitrogens is 1. The van der Waals surface area contributed by atoms with E-state index in [-0.39, 0.29) is 6.03 Å². The predicted octanol–water partition coefficient (Wildman–Crippen LogP) is 2.97. The maximum absolute atomic E-state index is 11.8. The minimum atomic E-state index is -0.209. The second-order valence-electron chi connectivity index (χ2n) is 4.34. The molecule has 2 heterocycles. The van der Waals surface area contributed by atoms with E-state index >= 15 is 0 Å². The second kappa shape index (κ2) is 5.88. The molecule has 5 nitrogen and oxygen atoms in total. The number of carbonyl (C=O) groups excluding carboxylic acids is 1. The van der Waals surface area contributed by atoms with Gasteiger partial charge in [-0.2, -0.15) is 5.10 Å². The molecule has 0 aromatic carbocycles. The van der Waals surface area contributed by atoms with Crippen molar-refractivity contribution in [3.63, 3.8) is 0 Å². The highest BCUT2D eigenvalue weighted by Gasteiger charge is 2.09. The van der Waals surface area contributed by atoms with E-state index in [1.165, 1.54) is 4.88 Å². The van der Waals surface area contributed by atoms with Crippen molar-refractivity contribution in [3.05, 3.63) is 33.3 Å². The van der Waals surface area contributed by atoms with Crippen LogP contribution in [0.15, 0.2) is 12.1 Å². The lowest BCUT2D eigenvalue weighted by Gasteiger charge is -2.06. The molecule has 102 valence electrons. The first-order valence-electron chi connectivity index (χ1n) is 6.24. The number of hydrogen-bond acceptors (Lipinski definition) is 3. The summed E-state index contributed by atoms with van der Waals surface area (Å²) in [5.41, 5.74) is 2.40. The minimum Gasteiger partial charge on any atom is -0.333 e. The molecule has 0 saturated carbocycles. The topological polar surface area (TPSA) is 69.8 Å². The fourth-order valence-electron chi connectivity index (χ4n) is 1.77. The fourth-order valence-corrected chi connectivity index (χ4v) is 2.67. The molecular formula is C13H18N4OS. The number of amides is 2. The highest BCUT2D eigenvalue weighted by atomic mass is 32.1. The van der Waals surface area contributed by atoms with Gasteiger partial charge in [0.25, 0.3) is 0 Å². The predicted molar refractivity (Wildman–Crippen MR) is 77.6 cm³/mol. The van der Waals surface area contributed by atoms with Crippen molar-refractivity contribution < 1.29 is 4.79 Å². The van der Waals surface area contributed by atoms with E-state index in [4.69, 9.17) is 0 Å². The molecule has 2 amide bonds. The lowest BCUT2D eigenvalue weighted by Crippen LogP contribution is -2.28. The van der Waals surface area contributed by atoms with Crippen LogP contribution in [0.3, 0.4) is 0 Å². The van der Waals surface area contributed by atoms with Crippen LogP contribution >= 0.6 is 11.3 Å². The van der Waals surface area contributed by atoms with Crippen LogP contribution < -0.4 is 10.6 Å². The third-order valence-electron chi connectivity index (χ3n) is 2.86. The standard InChI is InChI=1S/C13H18N4OS/c1-4-10-5-6-11(19-10)7-14-13(18)15-12-8(2)16-17-9(12)3/h5-6H,4,7H2,1-3H3,(H,16,17)(H2,14,15,18). The van der Waals surface area contributed by atoms with Gasteiger partial charge in [-0.15, -0.1) is 11.3 Å². The molecular weight excluding hydrogens is 260 g/mol. The number of nitrogens with zero attached hydrogens (tertiary/aromatic N) is 1. The Bertz CT molecular complexity index is 553. The summed E-state index contributed by atoms with van der Waals surface area (Å²) in [5.74, 6) is 0. The zero-order valence-corrected chi connectivity index (χ0v) is 12.1. The lowest BCUT2D eigenvalue weighted by atomic mass is 10.3. The summed E-state index contributed by atoms with van der Waals surface area (Å²) in [5, 5.41) is 12.5. The Labute approximate surface area is 116 Å². The largest absolute Gasteiger partial charge is 0.333 e. The first-order valence-corrected chi connectivity index (χ1v) is 7.05. The number of rotatable bonds is 4. The zero-order valence-electron chi connectivity index (χ0n) is 11.3. The Morgan fingerprint density at radius 2 is 2.11 bits per heavy atom. The highest BCUT2D eigenvalue weighted by molar-refractivity contribution is 7.11. The molecule has 2 aromatic rings. The molecule has 2 rings (SSSR count). The van der Waals surface area contributed by atoms with Crippen LogP contribution in [-0.4, -0.2) is 16.2 Å². The quantitative estimate of drug-likeness (QED) is 0.804. The maximum Gasteiger partial charge on any atom is 0.319 e. The van der Waals surface area contributed by atoms with E-state index in [1.807, 2.05) is 13.8 Å². The van der Waals surface area contributed by atoms with E-state index in [0.717, 1.165) is 28.4 Å². The average Bonchev–Trinajstić information content (AvgIpc) is 2.98. The SMILES string of the molecule is CCc1ccc(CNC(=O)Nc2c(C)n[nH]c2C)s1. The number of aryl methyl sites for hydroxylation is 3. The van der Waals surface area contributed by atoms with Crippen LogP contribution in [0, 0.1) is 13.8 Å². The molecule has 19 heavy (non-hydrogen) atoms. The van der Waals surface area contributed by atoms with E-state index in [1.54, 1.807) is 11.3 Å². The molecule has 3 N–H and O–H groups in total. The van der Waals surface area contributed by atoms with Gasteiger partial charge in [0.15, 0.2) is 0 Å². The number of carbonyl (C=O) groups is 1. The molecule has 0 spiro atoms. The van der Waals surface area contributed by atoms with E-state index < -0.39 is 0 Å². The molecule has 0 aliphatic heterocycles. The summed E-state index contributed by atoms with van der Waals surface area (Å²) in [6.45, 7) is 6.40. The van der Waals surface area contributed by atoms with Crippen molar-refractivity contribution in [2.45, 2.75) is 33.7 Å². The number of nitrogens with one attached hydrogen (secondary N) is 3. The van der Waals surface area contributed by atoms with Gasteiger partial charge in [-0.1, -0.05) is 6.92 Å². The molecule has 0 saturated heterocycles. The van der Waals surface area contributed by atoms with Gasteiger partial charge < -0.3 is 10.6 Å². The molecule has 0 aliphatic carbocycles. The molecule has 0 radical (unpaired) electrons. The van der Waals surface area contributed by atoms with Gasteiger partial charge in [0.2, 0.25) is 0 Å². The Hall–Kier alpha value is -1.82. The molecule has 6 heteroatoms. The van der Waals surface area contributed by atoms with E-state index in [9.17, 15) is 4.79 Å². The lowest BCUT2D eigenvalue weighted by molar-refractivity contribution is 0.252. The normalized spacial score (nSPS) is 10.5. The Morgan fingerprint density at radius 3 is 2.68 bits per heavy atom. The Kier molecular flexibility index (Phi) is 4.21. The third kappa shape index (κ3) is 3.35. The van der Waals surface area contributed by atoms with Crippen LogP contribution in [0.1, 0.15) is 28.1 Å². The maximum atomic E-state index is 11.8. The fraction of sp³-hybridized carbons (Fsp3) is 0.385. The van der Waals surface area contributed by atoms with Crippen LogP contribution in [-0.2, 0) is 13.0 Å². The summed E-state index contributed by atoms with van der Waals surface area (Å²) in [6.07, 6.45) is 1.03. The van der Waals surface area contributed by atoms with Gasteiger partial charge in [-0.25, -0.2) is 4.79 Å². The van der Waals surface area contributed by atoms with Crippen molar-refractivity contribution in [2.24, 2.45) is 0 Å². The van der Waals surface area contributed by atoms with Gasteiger partial charge in [-0.3, -0.25) is 5.10 Å². The van der Waals surface area contributed by atoms with Gasteiger partial charge in [0, 0.05) is 9.75 Å². The summed E-state index contributed by atoms with van der Waals surface area (Å²) in [7, 11) is 0. The molecule has 0 fully saturated rings. The van der Waals surface area contributed by atoms with Gasteiger partial charge in [0.05, 0.1) is 23.6 Å². The zero-order chi connectivity index (χ0) is 13.8. The summed E-state index contributed by atoms with van der Waals surface area (Å²) < 4.78 is 0. The average molecular weight is 278 g/mol. The smallest absolute Gasteiger partial charge is 0.319 e. The van der Waals surface area contributed by atoms with Gasteiger partial charge in [-0.05, 0) is 32.4 Å². The number of urea groups is 1. The van der Waals surface area contributed by atoms with E-state index in [0.29, 0.717) is 6.54 Å². The molecule has 0 atom stereocenters. The van der Waals surface area contributed by atoms with Crippen LogP contribution in [0.5, 0.6) is 0 Å². The Balaban J connectivity index is 1.88. The van der Waals surface area contributed by atoms with Crippen molar-refractivity contribution >= 4 is 23.1 Å². The van der Waals surface area contributed by atoms with Crippen LogP contribution in [0.4, 0.5) is 10.5 Å². The third-order valence-corrected chi connectivity index (χ3v) is 4.09. The number of aromatic amines is 1. The van der Waals surface area contributed by atoms with Crippen LogP contribution in [0.2, 0.25) is 0 Å². The molecule has 0 unspecified atom stereocenters. The van der Waals surface area contributed by atoms with Gasteiger partial charge in [0.1, 0.15) is 0 Å². The number of aromatic nitrogens is 2. The van der Waals surface area contributed by atoms with Crippen molar-refractivity contribution in [1.29, 1.82) is 0 Å². The van der Waals surface area contributed by atoms with Gasteiger partial charge >= 0.3 is 6.03 Å². The first kappa shape index (κ1) is 13.6. The Morgan fingerprint density at radius 1 is 1.37 bits per heavy atom. The van der Waals surface area contributed by atoms with E-state index in [2.05, 4.69) is 39.9 Å². The first-order chi connectivity index (χ1) is 9.10. The highest BCUT2D eigenvalue weighted by Crippen LogP contribution is 2.17. The molecule has 2 aromatic heterocycles. The number of thiophene rings is 1. The second-order valence-corrected chi connectivity index (χ2v) is 5.59. The van der Waals surface area contributed by atoms with Crippen LogP contribution in [0.25, 0.3) is 0 Å². The summed E-state index contributed by atoms with van der Waals surface area (Å²) in [4.78, 5) is 14.3. The van der Waals surface area contributed by atoms with Crippen molar-refractivity contribution in [1.82, 2.24) is 15.5 Å². The van der Waals surface area contributed by atoms with Crippen molar-refractivity contribution in [3.8, 4) is 0 Å². The monoisotopic (exact) mass is 278 g/mol. The molecule has 0 bridgehead atoms.